The fraction of sp³-hybridized carbons (Fsp3) is 1.00. The van der Waals surface area contributed by atoms with E-state index in [1.165, 1.54) is 0 Å². The molecule has 1 saturated heterocycles. The molecule has 0 aliphatic carbocycles. The Kier molecular flexibility index (Phi) is 4.40. The van der Waals surface area contributed by atoms with Crippen LogP contribution in [0.25, 0.3) is 0 Å². The van der Waals surface area contributed by atoms with Crippen LogP contribution in [0, 0.1) is 11.8 Å². The Hall–Kier alpha value is 0.390. The van der Waals surface area contributed by atoms with Crippen LogP contribution in [0.3, 0.4) is 0 Å². The van der Waals surface area contributed by atoms with Crippen LogP contribution in [0.4, 0.5) is 0 Å². The van der Waals surface area contributed by atoms with Crippen LogP contribution in [-0.4, -0.2) is 38.5 Å². The number of rotatable bonds is 4. The van der Waals surface area contributed by atoms with Crippen LogP contribution in [-0.2, 0) is 14.6 Å². The highest BCUT2D eigenvalue weighted by Gasteiger charge is 2.34. The van der Waals surface area contributed by atoms with Crippen molar-refractivity contribution in [2.24, 2.45) is 11.8 Å². The highest BCUT2D eigenvalue weighted by Crippen LogP contribution is 2.30. The zero-order chi connectivity index (χ0) is 10.8. The van der Waals surface area contributed by atoms with Gasteiger partial charge in [-0.15, -0.1) is 0 Å². The third kappa shape index (κ3) is 3.21. The maximum Gasteiger partial charge on any atom is 0.150 e. The zero-order valence-electron chi connectivity index (χ0n) is 8.57. The standard InChI is InChI=1S/C9H17BrO3S/c1-7(5-13-2)9(10)8-3-4-14(11,12)6-8/h7-9H,3-6H2,1-2H3. The lowest BCUT2D eigenvalue weighted by molar-refractivity contribution is 0.152. The van der Waals surface area contributed by atoms with Gasteiger partial charge in [-0.3, -0.25) is 0 Å². The van der Waals surface area contributed by atoms with Crippen molar-refractivity contribution in [2.75, 3.05) is 25.2 Å². The van der Waals surface area contributed by atoms with Crippen molar-refractivity contribution in [1.82, 2.24) is 0 Å². The summed E-state index contributed by atoms with van der Waals surface area (Å²) in [5.41, 5.74) is 0. The molecule has 0 bridgehead atoms. The van der Waals surface area contributed by atoms with Crippen molar-refractivity contribution in [3.8, 4) is 0 Å². The third-order valence-corrected chi connectivity index (χ3v) is 6.14. The summed E-state index contributed by atoms with van der Waals surface area (Å²) in [4.78, 5) is 0.250. The van der Waals surface area contributed by atoms with E-state index in [1.807, 2.05) is 0 Å². The third-order valence-electron chi connectivity index (χ3n) is 2.69. The van der Waals surface area contributed by atoms with Gasteiger partial charge in [0.05, 0.1) is 11.5 Å². The Labute approximate surface area is 94.3 Å². The van der Waals surface area contributed by atoms with Gasteiger partial charge in [-0.1, -0.05) is 22.9 Å². The number of ether oxygens (including phenoxy) is 1. The fourth-order valence-electron chi connectivity index (χ4n) is 1.89. The normalized spacial score (nSPS) is 30.1. The van der Waals surface area contributed by atoms with Crippen molar-refractivity contribution in [2.45, 2.75) is 18.2 Å². The first-order valence-corrected chi connectivity index (χ1v) is 7.53. The van der Waals surface area contributed by atoms with Gasteiger partial charge in [-0.25, -0.2) is 8.42 Å². The number of alkyl halides is 1. The van der Waals surface area contributed by atoms with Crippen molar-refractivity contribution >= 4 is 25.8 Å². The van der Waals surface area contributed by atoms with E-state index < -0.39 is 9.84 Å². The molecule has 0 spiro atoms. The highest BCUT2D eigenvalue weighted by atomic mass is 79.9. The van der Waals surface area contributed by atoms with Gasteiger partial charge in [0.15, 0.2) is 9.84 Å². The van der Waals surface area contributed by atoms with Crippen molar-refractivity contribution < 1.29 is 13.2 Å². The summed E-state index contributed by atoms with van der Waals surface area (Å²) in [5, 5.41) is 0. The second-order valence-corrected chi connectivity index (χ2v) is 7.33. The van der Waals surface area contributed by atoms with Crippen LogP contribution >= 0.6 is 15.9 Å². The summed E-state index contributed by atoms with van der Waals surface area (Å²) in [6.07, 6.45) is 0.784. The fourth-order valence-corrected chi connectivity index (χ4v) is 4.60. The van der Waals surface area contributed by atoms with Crippen molar-refractivity contribution in [3.63, 3.8) is 0 Å². The quantitative estimate of drug-likeness (QED) is 0.735. The van der Waals surface area contributed by atoms with Gasteiger partial charge in [0.1, 0.15) is 0 Å². The molecule has 0 amide bonds. The molecule has 3 atom stereocenters. The molecular weight excluding hydrogens is 268 g/mol. The molecule has 0 aromatic carbocycles. The Morgan fingerprint density at radius 2 is 2.21 bits per heavy atom. The number of sulfone groups is 1. The SMILES string of the molecule is COCC(C)C(Br)C1CCS(=O)(=O)C1. The van der Waals surface area contributed by atoms with Crippen LogP contribution in [0.5, 0.6) is 0 Å². The van der Waals surface area contributed by atoms with Crippen LogP contribution in [0.2, 0.25) is 0 Å². The topological polar surface area (TPSA) is 43.4 Å². The zero-order valence-corrected chi connectivity index (χ0v) is 11.0. The minimum atomic E-state index is -2.76. The van der Waals surface area contributed by atoms with Crippen molar-refractivity contribution in [3.05, 3.63) is 0 Å². The Balaban J connectivity index is 2.50. The lowest BCUT2D eigenvalue weighted by Gasteiger charge is -2.22. The number of halogens is 1. The average molecular weight is 285 g/mol. The summed E-state index contributed by atoms with van der Waals surface area (Å²) in [7, 11) is -1.09. The predicted octanol–water partition coefficient (Wildman–Crippen LogP) is 1.47. The molecule has 3 unspecified atom stereocenters. The van der Waals surface area contributed by atoms with E-state index in [-0.39, 0.29) is 10.7 Å². The number of methoxy groups -OCH3 is 1. The van der Waals surface area contributed by atoms with Gasteiger partial charge >= 0.3 is 0 Å². The molecule has 0 aromatic rings. The van der Waals surface area contributed by atoms with E-state index in [4.69, 9.17) is 4.74 Å². The number of hydrogen-bond acceptors (Lipinski definition) is 3. The lowest BCUT2D eigenvalue weighted by atomic mass is 9.96. The van der Waals surface area contributed by atoms with Gasteiger partial charge in [0.25, 0.3) is 0 Å². The molecule has 0 saturated carbocycles. The molecule has 1 aliphatic rings. The first-order chi connectivity index (χ1) is 6.46. The molecule has 1 heterocycles. The molecule has 1 aliphatic heterocycles. The van der Waals surface area contributed by atoms with Gasteiger partial charge in [0, 0.05) is 18.5 Å². The maximum atomic E-state index is 11.3. The smallest absolute Gasteiger partial charge is 0.150 e. The van der Waals surface area contributed by atoms with E-state index in [0.29, 0.717) is 24.0 Å². The molecular formula is C9H17BrO3S. The number of hydrogen-bond donors (Lipinski definition) is 0. The second-order valence-electron chi connectivity index (χ2n) is 4.04. The van der Waals surface area contributed by atoms with E-state index in [1.54, 1.807) is 7.11 Å². The summed E-state index contributed by atoms with van der Waals surface area (Å²) in [6.45, 7) is 2.75. The average Bonchev–Trinajstić information content (AvgIpc) is 2.45. The molecule has 3 nitrogen and oxygen atoms in total. The van der Waals surface area contributed by atoms with E-state index >= 15 is 0 Å². The minimum Gasteiger partial charge on any atom is -0.384 e. The Morgan fingerprint density at radius 3 is 2.64 bits per heavy atom. The second kappa shape index (κ2) is 4.94. The van der Waals surface area contributed by atoms with Crippen LogP contribution < -0.4 is 0 Å². The van der Waals surface area contributed by atoms with E-state index in [0.717, 1.165) is 6.42 Å². The monoisotopic (exact) mass is 284 g/mol. The summed E-state index contributed by atoms with van der Waals surface area (Å²) in [6, 6.07) is 0. The van der Waals surface area contributed by atoms with Crippen molar-refractivity contribution in [1.29, 1.82) is 0 Å². The van der Waals surface area contributed by atoms with E-state index in [9.17, 15) is 8.42 Å². The molecule has 1 fully saturated rings. The van der Waals surface area contributed by atoms with Gasteiger partial charge in [-0.05, 0) is 18.3 Å². The lowest BCUT2D eigenvalue weighted by Crippen LogP contribution is -2.25. The predicted molar refractivity (Wildman–Crippen MR) is 60.5 cm³/mol. The summed E-state index contributed by atoms with van der Waals surface area (Å²) < 4.78 is 27.6. The van der Waals surface area contributed by atoms with Crippen LogP contribution in [0.15, 0.2) is 0 Å². The highest BCUT2D eigenvalue weighted by molar-refractivity contribution is 9.09. The molecule has 5 heteroatoms. The molecule has 84 valence electrons. The molecule has 0 N–H and O–H groups in total. The van der Waals surface area contributed by atoms with Gasteiger partial charge in [-0.2, -0.15) is 0 Å². The molecule has 0 aromatic heterocycles. The Morgan fingerprint density at radius 1 is 1.57 bits per heavy atom. The summed E-state index contributed by atoms with van der Waals surface area (Å²) >= 11 is 3.58. The van der Waals surface area contributed by atoms with Gasteiger partial charge < -0.3 is 4.74 Å². The van der Waals surface area contributed by atoms with E-state index in [2.05, 4.69) is 22.9 Å². The Bertz CT molecular complexity index is 276. The maximum absolute atomic E-state index is 11.3. The van der Waals surface area contributed by atoms with Crippen LogP contribution in [0.1, 0.15) is 13.3 Å². The largest absolute Gasteiger partial charge is 0.384 e. The first-order valence-electron chi connectivity index (χ1n) is 4.79. The molecule has 14 heavy (non-hydrogen) atoms. The molecule has 1 rings (SSSR count). The first kappa shape index (κ1) is 12.5. The van der Waals surface area contributed by atoms with Gasteiger partial charge in [0.2, 0.25) is 0 Å². The minimum absolute atomic E-state index is 0.250. The molecule has 0 radical (unpaired) electrons. The summed E-state index contributed by atoms with van der Waals surface area (Å²) in [5.74, 6) is 1.29.